The average Bonchev–Trinajstić information content (AvgIpc) is 2.93. The lowest BCUT2D eigenvalue weighted by Crippen LogP contribution is -2.47. The summed E-state index contributed by atoms with van der Waals surface area (Å²) in [5, 5.41) is 3.36. The molecule has 1 fully saturated rings. The number of aryl methyl sites for hydroxylation is 2. The van der Waals surface area contributed by atoms with Crippen molar-refractivity contribution in [3.8, 4) is 0 Å². The number of rotatable bonds is 3. The van der Waals surface area contributed by atoms with E-state index in [-0.39, 0.29) is 5.56 Å². The summed E-state index contributed by atoms with van der Waals surface area (Å²) in [6.45, 7) is 5.31. The second kappa shape index (κ2) is 6.66. The number of hydrazine groups is 1. The number of fused-ring (bicyclic) bond motifs is 1. The van der Waals surface area contributed by atoms with E-state index in [4.69, 9.17) is 0 Å². The van der Waals surface area contributed by atoms with Gasteiger partial charge in [-0.3, -0.25) is 15.0 Å². The summed E-state index contributed by atoms with van der Waals surface area (Å²) in [4.78, 5) is 46.9. The Bertz CT molecular complexity index is 1160. The number of aromatic nitrogens is 2. The van der Waals surface area contributed by atoms with Gasteiger partial charge in [-0.25, -0.2) is 14.8 Å². The average molecular weight is 389 g/mol. The van der Waals surface area contributed by atoms with E-state index in [1.165, 1.54) is 0 Å². The summed E-state index contributed by atoms with van der Waals surface area (Å²) in [6.07, 6.45) is 0. The molecule has 1 aromatic heterocycles. The molecular weight excluding hydrogens is 370 g/mol. The van der Waals surface area contributed by atoms with Crippen LogP contribution >= 0.6 is 0 Å². The SMILES string of the molecule is Cc1nc2ccc(C(=O)NN3C(=O)NC(C)(c4ccccc4)C3=O)cc2nc1C. The highest BCUT2D eigenvalue weighted by atomic mass is 16.2. The first kappa shape index (κ1) is 18.5. The molecule has 0 bridgehead atoms. The Hall–Kier alpha value is -3.81. The van der Waals surface area contributed by atoms with E-state index < -0.39 is 23.4 Å². The van der Waals surface area contributed by atoms with Gasteiger partial charge in [0.05, 0.1) is 22.4 Å². The predicted octanol–water partition coefficient (Wildman–Crippen LogP) is 2.36. The van der Waals surface area contributed by atoms with Gasteiger partial charge in [0.25, 0.3) is 11.8 Å². The number of carbonyl (C=O) groups is 3. The van der Waals surface area contributed by atoms with Crippen LogP contribution in [0.15, 0.2) is 48.5 Å². The minimum absolute atomic E-state index is 0.268. The Morgan fingerprint density at radius 1 is 1.00 bits per heavy atom. The molecule has 2 heterocycles. The molecule has 8 heteroatoms. The highest BCUT2D eigenvalue weighted by Gasteiger charge is 2.50. The number of hydrogen-bond donors (Lipinski definition) is 2. The Morgan fingerprint density at radius 3 is 2.34 bits per heavy atom. The van der Waals surface area contributed by atoms with Crippen LogP contribution in [0.2, 0.25) is 0 Å². The van der Waals surface area contributed by atoms with E-state index in [1.54, 1.807) is 49.4 Å². The number of benzene rings is 2. The first-order valence-corrected chi connectivity index (χ1v) is 9.08. The van der Waals surface area contributed by atoms with Gasteiger partial charge in [-0.05, 0) is 44.5 Å². The third-order valence-electron chi connectivity index (χ3n) is 5.09. The van der Waals surface area contributed by atoms with Crippen LogP contribution in [-0.4, -0.2) is 32.8 Å². The highest BCUT2D eigenvalue weighted by Crippen LogP contribution is 2.27. The molecule has 1 atom stereocenters. The molecular formula is C21H19N5O3. The molecule has 0 radical (unpaired) electrons. The monoisotopic (exact) mass is 389 g/mol. The van der Waals surface area contributed by atoms with Crippen molar-refractivity contribution >= 4 is 28.9 Å². The van der Waals surface area contributed by atoms with E-state index >= 15 is 0 Å². The Balaban J connectivity index is 1.60. The van der Waals surface area contributed by atoms with Gasteiger partial charge in [0.1, 0.15) is 5.54 Å². The number of hydrogen-bond acceptors (Lipinski definition) is 5. The van der Waals surface area contributed by atoms with Crippen molar-refractivity contribution in [2.75, 3.05) is 0 Å². The van der Waals surface area contributed by atoms with Crippen LogP contribution in [0.4, 0.5) is 4.79 Å². The first-order valence-electron chi connectivity index (χ1n) is 9.08. The summed E-state index contributed by atoms with van der Waals surface area (Å²) in [6, 6.07) is 13.0. The summed E-state index contributed by atoms with van der Waals surface area (Å²) < 4.78 is 0. The molecule has 1 aliphatic heterocycles. The maximum absolute atomic E-state index is 12.9. The first-order chi connectivity index (χ1) is 13.8. The molecule has 8 nitrogen and oxygen atoms in total. The van der Waals surface area contributed by atoms with E-state index in [9.17, 15) is 14.4 Å². The van der Waals surface area contributed by atoms with Crippen molar-refractivity contribution in [1.29, 1.82) is 0 Å². The lowest BCUT2D eigenvalue weighted by molar-refractivity contribution is -0.132. The molecule has 3 aromatic rings. The van der Waals surface area contributed by atoms with E-state index in [0.717, 1.165) is 11.4 Å². The van der Waals surface area contributed by atoms with E-state index in [1.807, 2.05) is 19.9 Å². The zero-order chi connectivity index (χ0) is 20.8. The molecule has 4 rings (SSSR count). The zero-order valence-corrected chi connectivity index (χ0v) is 16.2. The van der Waals surface area contributed by atoms with Gasteiger partial charge in [-0.15, -0.1) is 0 Å². The van der Waals surface area contributed by atoms with Crippen LogP contribution < -0.4 is 10.7 Å². The number of carbonyl (C=O) groups excluding carboxylic acids is 3. The third-order valence-corrected chi connectivity index (χ3v) is 5.09. The van der Waals surface area contributed by atoms with E-state index in [2.05, 4.69) is 20.7 Å². The van der Waals surface area contributed by atoms with Crippen LogP contribution in [0.3, 0.4) is 0 Å². The quantitative estimate of drug-likeness (QED) is 0.669. The van der Waals surface area contributed by atoms with Crippen LogP contribution in [0.1, 0.15) is 34.2 Å². The molecule has 0 aliphatic carbocycles. The normalized spacial score (nSPS) is 18.8. The second-order valence-electron chi connectivity index (χ2n) is 7.10. The summed E-state index contributed by atoms with van der Waals surface area (Å²) in [5.74, 6) is -1.15. The van der Waals surface area contributed by atoms with Crippen molar-refractivity contribution in [3.05, 3.63) is 71.0 Å². The van der Waals surface area contributed by atoms with Crippen molar-refractivity contribution < 1.29 is 14.4 Å². The predicted molar refractivity (Wildman–Crippen MR) is 106 cm³/mol. The number of urea groups is 1. The van der Waals surface area contributed by atoms with Gasteiger partial charge in [-0.1, -0.05) is 30.3 Å². The fourth-order valence-electron chi connectivity index (χ4n) is 3.25. The lowest BCUT2D eigenvalue weighted by Gasteiger charge is -2.22. The molecule has 146 valence electrons. The van der Waals surface area contributed by atoms with Gasteiger partial charge >= 0.3 is 6.03 Å². The topological polar surface area (TPSA) is 104 Å². The van der Waals surface area contributed by atoms with Crippen LogP contribution in [-0.2, 0) is 10.3 Å². The zero-order valence-electron chi connectivity index (χ0n) is 16.2. The third kappa shape index (κ3) is 3.08. The Kier molecular flexibility index (Phi) is 4.26. The number of nitrogens with one attached hydrogen (secondary N) is 2. The standard InChI is InChI=1S/C21H19N5O3/c1-12-13(2)23-17-11-14(9-10-16(17)22-12)18(27)25-26-19(28)21(3,24-20(26)29)15-7-5-4-6-8-15/h4-11H,1-3H3,(H,24,29)(H,25,27). The maximum Gasteiger partial charge on any atom is 0.344 e. The van der Waals surface area contributed by atoms with E-state index in [0.29, 0.717) is 21.6 Å². The van der Waals surface area contributed by atoms with Crippen LogP contribution in [0, 0.1) is 13.8 Å². The maximum atomic E-state index is 12.9. The van der Waals surface area contributed by atoms with Crippen LogP contribution in [0.5, 0.6) is 0 Å². The summed E-state index contributed by atoms with van der Waals surface area (Å²) in [5.41, 5.74) is 4.84. The molecule has 0 spiro atoms. The van der Waals surface area contributed by atoms with Crippen molar-refractivity contribution in [2.45, 2.75) is 26.3 Å². The minimum atomic E-state index is -1.25. The summed E-state index contributed by atoms with van der Waals surface area (Å²) in [7, 11) is 0. The lowest BCUT2D eigenvalue weighted by atomic mass is 9.92. The molecule has 1 saturated heterocycles. The Morgan fingerprint density at radius 2 is 1.66 bits per heavy atom. The Labute approximate surface area is 166 Å². The molecule has 0 saturated carbocycles. The molecule has 1 aliphatic rings. The molecule has 4 amide bonds. The largest absolute Gasteiger partial charge is 0.344 e. The highest BCUT2D eigenvalue weighted by molar-refractivity contribution is 6.09. The number of amides is 4. The van der Waals surface area contributed by atoms with Crippen molar-refractivity contribution in [3.63, 3.8) is 0 Å². The number of nitrogens with zero attached hydrogens (tertiary/aromatic N) is 3. The molecule has 1 unspecified atom stereocenters. The van der Waals surface area contributed by atoms with Gasteiger partial charge in [0.2, 0.25) is 0 Å². The molecule has 29 heavy (non-hydrogen) atoms. The fraction of sp³-hybridized carbons (Fsp3) is 0.190. The second-order valence-corrected chi connectivity index (χ2v) is 7.10. The van der Waals surface area contributed by atoms with Gasteiger partial charge < -0.3 is 5.32 Å². The fourth-order valence-corrected chi connectivity index (χ4v) is 3.25. The van der Waals surface area contributed by atoms with Gasteiger partial charge in [0.15, 0.2) is 0 Å². The van der Waals surface area contributed by atoms with Crippen molar-refractivity contribution in [1.82, 2.24) is 25.7 Å². The van der Waals surface area contributed by atoms with Crippen LogP contribution in [0.25, 0.3) is 11.0 Å². The molecule has 2 aromatic carbocycles. The summed E-state index contributed by atoms with van der Waals surface area (Å²) >= 11 is 0. The smallest absolute Gasteiger partial charge is 0.318 e. The minimum Gasteiger partial charge on any atom is -0.318 e. The molecule has 2 N–H and O–H groups in total. The van der Waals surface area contributed by atoms with Gasteiger partial charge in [0, 0.05) is 5.56 Å². The van der Waals surface area contributed by atoms with Crippen molar-refractivity contribution in [2.24, 2.45) is 0 Å². The number of imide groups is 1. The van der Waals surface area contributed by atoms with Gasteiger partial charge in [-0.2, -0.15) is 5.01 Å².